The minimum absolute atomic E-state index is 0.105. The topological polar surface area (TPSA) is 237 Å². The van der Waals surface area contributed by atoms with Crippen LogP contribution in [0.15, 0.2) is 0 Å². The maximum atomic E-state index is 13.1. The van der Waals surface area contributed by atoms with Crippen molar-refractivity contribution < 1.29 is 80.2 Å². The minimum atomic E-state index is -4.96. The van der Waals surface area contributed by atoms with Gasteiger partial charge in [-0.15, -0.1) is 0 Å². The second kappa shape index (κ2) is 70.4. The number of carbonyl (C=O) groups excluding carboxylic acids is 4. The normalized spacial score (nSPS) is 14.8. The van der Waals surface area contributed by atoms with Crippen molar-refractivity contribution in [3.8, 4) is 0 Å². The molecule has 588 valence electrons. The number of aliphatic hydroxyl groups excluding tert-OH is 1. The first-order chi connectivity index (χ1) is 47.8. The van der Waals surface area contributed by atoms with Gasteiger partial charge in [0.2, 0.25) is 0 Å². The first-order valence-electron chi connectivity index (χ1n) is 41.5. The molecule has 99 heavy (non-hydrogen) atoms. The fourth-order valence-corrected chi connectivity index (χ4v) is 13.8. The Balaban J connectivity index is 5.17. The van der Waals surface area contributed by atoms with Crippen molar-refractivity contribution in [1.82, 2.24) is 0 Å². The summed E-state index contributed by atoms with van der Waals surface area (Å²) in [6.07, 6.45) is 58.4. The van der Waals surface area contributed by atoms with Crippen molar-refractivity contribution in [2.45, 2.75) is 433 Å². The fraction of sp³-hybridized carbons (Fsp3) is 0.950. The number of hydrogen-bond acceptors (Lipinski definition) is 15. The Kier molecular flexibility index (Phi) is 69.0. The van der Waals surface area contributed by atoms with E-state index in [1.807, 2.05) is 0 Å². The van der Waals surface area contributed by atoms with Crippen molar-refractivity contribution in [2.75, 3.05) is 39.6 Å². The lowest BCUT2D eigenvalue weighted by molar-refractivity contribution is -0.161. The molecular formula is C80H156O17P2. The van der Waals surface area contributed by atoms with Crippen molar-refractivity contribution in [2.24, 2.45) is 17.8 Å². The van der Waals surface area contributed by atoms with E-state index in [9.17, 15) is 43.2 Å². The monoisotopic (exact) mass is 1450 g/mol. The van der Waals surface area contributed by atoms with Crippen LogP contribution in [0.4, 0.5) is 0 Å². The number of unbranched alkanes of at least 4 members (excludes halogenated alkanes) is 43. The summed E-state index contributed by atoms with van der Waals surface area (Å²) in [6.45, 7) is 12.0. The lowest BCUT2D eigenvalue weighted by atomic mass is 9.99. The molecular weight excluding hydrogens is 1290 g/mol. The van der Waals surface area contributed by atoms with Crippen LogP contribution in [0.3, 0.4) is 0 Å². The third kappa shape index (κ3) is 70.2. The van der Waals surface area contributed by atoms with Crippen molar-refractivity contribution >= 4 is 39.5 Å². The first-order valence-corrected chi connectivity index (χ1v) is 44.5. The smallest absolute Gasteiger partial charge is 0.462 e. The predicted octanol–water partition coefficient (Wildman–Crippen LogP) is 23.7. The van der Waals surface area contributed by atoms with Gasteiger partial charge in [-0.3, -0.25) is 37.3 Å². The van der Waals surface area contributed by atoms with E-state index in [0.717, 1.165) is 120 Å². The number of phosphoric acid groups is 2. The molecule has 3 N–H and O–H groups in total. The Morgan fingerprint density at radius 1 is 0.283 bits per heavy atom. The fourth-order valence-electron chi connectivity index (χ4n) is 12.2. The van der Waals surface area contributed by atoms with Crippen LogP contribution in [0.5, 0.6) is 0 Å². The number of carbonyl (C=O) groups is 4. The maximum absolute atomic E-state index is 13.1. The standard InChI is InChI=1S/C80H156O17P2/c1-8-12-13-14-37-47-54-61-77(82)90-67-75(97-80(85)64-57-50-43-36-35-40-46-53-60-73(7)11-4)69-94-98(86,87)92-65-74(81)66-93-99(88,89)95-70-76(68-91-78(83)62-55-48-41-33-29-25-22-21-24-28-32-39-45-52-59-72(6)10-3)96-79(84)63-56-49-42-34-30-26-20-18-16-15-17-19-23-27-31-38-44-51-58-71(5)9-2/h71-76,81H,8-70H2,1-7H3,(H,86,87)(H,88,89)/t71?,72?,73?,74-,75+,76+/m0/s1. The molecule has 0 bridgehead atoms. The highest BCUT2D eigenvalue weighted by Gasteiger charge is 2.30. The summed E-state index contributed by atoms with van der Waals surface area (Å²) in [7, 11) is -9.91. The summed E-state index contributed by atoms with van der Waals surface area (Å²) >= 11 is 0. The minimum Gasteiger partial charge on any atom is -0.462 e. The summed E-state index contributed by atoms with van der Waals surface area (Å²) in [5, 5.41) is 10.6. The van der Waals surface area contributed by atoms with Gasteiger partial charge in [-0.05, 0) is 43.4 Å². The van der Waals surface area contributed by atoms with Gasteiger partial charge in [-0.25, -0.2) is 9.13 Å². The van der Waals surface area contributed by atoms with Gasteiger partial charge >= 0.3 is 39.5 Å². The summed E-state index contributed by atoms with van der Waals surface area (Å²) in [5.74, 6) is 0.372. The molecule has 0 aromatic carbocycles. The van der Waals surface area contributed by atoms with E-state index in [-0.39, 0.29) is 25.7 Å². The molecule has 0 saturated carbocycles. The molecule has 0 spiro atoms. The lowest BCUT2D eigenvalue weighted by Gasteiger charge is -2.21. The molecule has 0 heterocycles. The van der Waals surface area contributed by atoms with Crippen LogP contribution in [0.2, 0.25) is 0 Å². The van der Waals surface area contributed by atoms with E-state index < -0.39 is 97.5 Å². The molecule has 0 amide bonds. The predicted molar refractivity (Wildman–Crippen MR) is 405 cm³/mol. The van der Waals surface area contributed by atoms with E-state index in [0.29, 0.717) is 25.7 Å². The van der Waals surface area contributed by atoms with Gasteiger partial charge in [-0.2, -0.15) is 0 Å². The SMILES string of the molecule is CCCCCCCCCC(=O)OC[C@H](COP(=O)(O)OC[C@H](O)COP(=O)(O)OC[C@@H](COC(=O)CCCCCCCCCCCCCCCCC(C)CC)OC(=O)CCCCCCCCCCCCCCCCCCCCC(C)CC)OC(=O)CCCCCCCCCCC(C)CC. The number of rotatable bonds is 78. The zero-order valence-corrected chi connectivity index (χ0v) is 66.8. The molecule has 5 unspecified atom stereocenters. The Morgan fingerprint density at radius 2 is 0.485 bits per heavy atom. The average Bonchev–Trinajstić information content (AvgIpc) is 1.02. The lowest BCUT2D eigenvalue weighted by Crippen LogP contribution is -2.30. The molecule has 0 aromatic rings. The molecule has 19 heteroatoms. The van der Waals surface area contributed by atoms with E-state index in [1.165, 1.54) is 212 Å². The van der Waals surface area contributed by atoms with Crippen LogP contribution in [-0.2, 0) is 65.4 Å². The summed E-state index contributed by atoms with van der Waals surface area (Å²) < 4.78 is 68.5. The van der Waals surface area contributed by atoms with Gasteiger partial charge in [-0.1, -0.05) is 363 Å². The summed E-state index contributed by atoms with van der Waals surface area (Å²) in [5.41, 5.74) is 0. The number of ether oxygens (including phenoxy) is 4. The van der Waals surface area contributed by atoms with Gasteiger partial charge in [0.25, 0.3) is 0 Å². The summed E-state index contributed by atoms with van der Waals surface area (Å²) in [6, 6.07) is 0. The van der Waals surface area contributed by atoms with Crippen LogP contribution in [0, 0.1) is 17.8 Å². The Labute approximate surface area is 607 Å². The van der Waals surface area contributed by atoms with Crippen LogP contribution >= 0.6 is 15.6 Å². The van der Waals surface area contributed by atoms with Crippen molar-refractivity contribution in [1.29, 1.82) is 0 Å². The van der Waals surface area contributed by atoms with Crippen LogP contribution in [0.1, 0.15) is 414 Å². The molecule has 0 rings (SSSR count). The van der Waals surface area contributed by atoms with Crippen molar-refractivity contribution in [3.63, 3.8) is 0 Å². The van der Waals surface area contributed by atoms with Crippen LogP contribution < -0.4 is 0 Å². The average molecular weight is 1450 g/mol. The van der Waals surface area contributed by atoms with E-state index in [1.54, 1.807) is 0 Å². The van der Waals surface area contributed by atoms with Gasteiger partial charge in [0, 0.05) is 25.7 Å². The highest BCUT2D eigenvalue weighted by molar-refractivity contribution is 7.47. The Hall–Kier alpha value is -1.94. The zero-order valence-electron chi connectivity index (χ0n) is 65.0. The van der Waals surface area contributed by atoms with Crippen LogP contribution in [-0.4, -0.2) is 96.7 Å². The number of hydrogen-bond donors (Lipinski definition) is 3. The highest BCUT2D eigenvalue weighted by atomic mass is 31.2. The van der Waals surface area contributed by atoms with E-state index in [2.05, 4.69) is 48.5 Å². The number of phosphoric ester groups is 2. The molecule has 8 atom stereocenters. The second-order valence-electron chi connectivity index (χ2n) is 29.5. The summed E-state index contributed by atoms with van der Waals surface area (Å²) in [4.78, 5) is 72.8. The molecule has 0 aliphatic rings. The van der Waals surface area contributed by atoms with E-state index >= 15 is 0 Å². The number of esters is 4. The molecule has 0 saturated heterocycles. The van der Waals surface area contributed by atoms with Crippen LogP contribution in [0.25, 0.3) is 0 Å². The third-order valence-corrected chi connectivity index (χ3v) is 21.6. The quantitative estimate of drug-likeness (QED) is 0.0222. The molecule has 0 radical (unpaired) electrons. The maximum Gasteiger partial charge on any atom is 0.472 e. The third-order valence-electron chi connectivity index (χ3n) is 19.7. The second-order valence-corrected chi connectivity index (χ2v) is 32.4. The molecule has 0 aliphatic carbocycles. The molecule has 17 nitrogen and oxygen atoms in total. The largest absolute Gasteiger partial charge is 0.472 e. The van der Waals surface area contributed by atoms with Gasteiger partial charge in [0.05, 0.1) is 26.4 Å². The van der Waals surface area contributed by atoms with E-state index in [4.69, 9.17) is 37.0 Å². The Morgan fingerprint density at radius 3 is 0.717 bits per heavy atom. The van der Waals surface area contributed by atoms with Crippen molar-refractivity contribution in [3.05, 3.63) is 0 Å². The van der Waals surface area contributed by atoms with Gasteiger partial charge in [0.15, 0.2) is 12.2 Å². The first kappa shape index (κ1) is 97.1. The molecule has 0 aliphatic heterocycles. The van der Waals surface area contributed by atoms with Gasteiger partial charge in [0.1, 0.15) is 19.3 Å². The number of aliphatic hydroxyl groups is 1. The highest BCUT2D eigenvalue weighted by Crippen LogP contribution is 2.45. The molecule has 0 fully saturated rings. The molecule has 0 aromatic heterocycles. The van der Waals surface area contributed by atoms with Gasteiger partial charge < -0.3 is 33.8 Å². The Bertz CT molecular complexity index is 1930. The zero-order chi connectivity index (χ0) is 73.0.